The SMILES string of the molecule is O=C(NCc1ccccn1)c1cc2n(n1)CCN(C1CCCCCC1)C2. The van der Waals surface area contributed by atoms with Crippen LogP contribution in [0.25, 0.3) is 0 Å². The highest BCUT2D eigenvalue weighted by Crippen LogP contribution is 2.25. The molecule has 1 fully saturated rings. The average Bonchev–Trinajstić information content (AvgIpc) is 2.92. The molecule has 0 atom stereocenters. The molecule has 6 heteroatoms. The molecule has 1 saturated carbocycles. The fourth-order valence-corrected chi connectivity index (χ4v) is 4.10. The Morgan fingerprint density at radius 3 is 2.77 bits per heavy atom. The van der Waals surface area contributed by atoms with Crippen molar-refractivity contribution in [1.82, 2.24) is 25.0 Å². The lowest BCUT2D eigenvalue weighted by Crippen LogP contribution is -2.41. The summed E-state index contributed by atoms with van der Waals surface area (Å²) in [4.78, 5) is 19.3. The molecule has 1 amide bonds. The molecule has 0 spiro atoms. The molecule has 2 aliphatic rings. The van der Waals surface area contributed by atoms with Gasteiger partial charge in [-0.1, -0.05) is 31.7 Å². The van der Waals surface area contributed by atoms with E-state index in [1.165, 1.54) is 38.5 Å². The number of amides is 1. The van der Waals surface area contributed by atoms with Gasteiger partial charge in [0.15, 0.2) is 5.69 Å². The van der Waals surface area contributed by atoms with Gasteiger partial charge in [-0.2, -0.15) is 5.10 Å². The van der Waals surface area contributed by atoms with Crippen LogP contribution in [0.15, 0.2) is 30.5 Å². The summed E-state index contributed by atoms with van der Waals surface area (Å²) in [5, 5.41) is 7.43. The monoisotopic (exact) mass is 353 g/mol. The second kappa shape index (κ2) is 7.99. The molecule has 1 aliphatic carbocycles. The Morgan fingerprint density at radius 2 is 2.00 bits per heavy atom. The van der Waals surface area contributed by atoms with Gasteiger partial charge in [0.05, 0.1) is 24.5 Å². The third kappa shape index (κ3) is 3.96. The van der Waals surface area contributed by atoms with E-state index < -0.39 is 0 Å². The van der Waals surface area contributed by atoms with Crippen molar-refractivity contribution in [3.63, 3.8) is 0 Å². The van der Waals surface area contributed by atoms with Crippen molar-refractivity contribution in [3.8, 4) is 0 Å². The van der Waals surface area contributed by atoms with Gasteiger partial charge < -0.3 is 5.32 Å². The number of carbonyl (C=O) groups excluding carboxylic acids is 1. The summed E-state index contributed by atoms with van der Waals surface area (Å²) in [6.45, 7) is 3.24. The smallest absolute Gasteiger partial charge is 0.272 e. The molecular weight excluding hydrogens is 326 g/mol. The van der Waals surface area contributed by atoms with Gasteiger partial charge in [-0.25, -0.2) is 0 Å². The highest BCUT2D eigenvalue weighted by molar-refractivity contribution is 5.92. The van der Waals surface area contributed by atoms with Gasteiger partial charge in [0.1, 0.15) is 0 Å². The van der Waals surface area contributed by atoms with Crippen molar-refractivity contribution in [2.45, 2.75) is 64.2 Å². The van der Waals surface area contributed by atoms with Crippen molar-refractivity contribution in [2.24, 2.45) is 0 Å². The fraction of sp³-hybridized carbons (Fsp3) is 0.550. The Morgan fingerprint density at radius 1 is 1.15 bits per heavy atom. The molecule has 1 N–H and O–H groups in total. The van der Waals surface area contributed by atoms with Crippen LogP contribution in [0.4, 0.5) is 0 Å². The zero-order valence-corrected chi connectivity index (χ0v) is 15.2. The molecule has 0 bridgehead atoms. The molecule has 1 aliphatic heterocycles. The van der Waals surface area contributed by atoms with Crippen molar-refractivity contribution in [3.05, 3.63) is 47.5 Å². The minimum atomic E-state index is -0.126. The van der Waals surface area contributed by atoms with Gasteiger partial charge in [0.25, 0.3) is 5.91 Å². The van der Waals surface area contributed by atoms with E-state index in [0.717, 1.165) is 31.0 Å². The maximum absolute atomic E-state index is 12.4. The summed E-state index contributed by atoms with van der Waals surface area (Å²) in [5.41, 5.74) is 2.52. The summed E-state index contributed by atoms with van der Waals surface area (Å²) < 4.78 is 2.00. The summed E-state index contributed by atoms with van der Waals surface area (Å²) >= 11 is 0. The number of nitrogens with one attached hydrogen (secondary N) is 1. The first-order valence-electron chi connectivity index (χ1n) is 9.78. The third-order valence-electron chi connectivity index (χ3n) is 5.56. The van der Waals surface area contributed by atoms with Crippen LogP contribution in [-0.2, 0) is 19.6 Å². The number of pyridine rings is 1. The van der Waals surface area contributed by atoms with E-state index >= 15 is 0 Å². The minimum Gasteiger partial charge on any atom is -0.345 e. The normalized spacial score (nSPS) is 18.9. The lowest BCUT2D eigenvalue weighted by atomic mass is 10.1. The summed E-state index contributed by atoms with van der Waals surface area (Å²) in [6, 6.07) is 8.35. The molecule has 2 aromatic heterocycles. The molecule has 26 heavy (non-hydrogen) atoms. The molecule has 0 radical (unpaired) electrons. The van der Waals surface area contributed by atoms with Gasteiger partial charge in [-0.15, -0.1) is 0 Å². The largest absolute Gasteiger partial charge is 0.345 e. The van der Waals surface area contributed by atoms with Crippen molar-refractivity contribution in [2.75, 3.05) is 6.54 Å². The minimum absolute atomic E-state index is 0.126. The van der Waals surface area contributed by atoms with Crippen LogP contribution < -0.4 is 5.32 Å². The maximum Gasteiger partial charge on any atom is 0.272 e. The van der Waals surface area contributed by atoms with Crippen LogP contribution in [0.3, 0.4) is 0 Å². The molecule has 0 saturated heterocycles. The van der Waals surface area contributed by atoms with E-state index in [4.69, 9.17) is 0 Å². The number of rotatable bonds is 4. The highest BCUT2D eigenvalue weighted by Gasteiger charge is 2.26. The van der Waals surface area contributed by atoms with E-state index in [1.807, 2.05) is 28.9 Å². The summed E-state index contributed by atoms with van der Waals surface area (Å²) in [5.74, 6) is -0.126. The number of carbonyl (C=O) groups is 1. The number of fused-ring (bicyclic) bond motifs is 1. The van der Waals surface area contributed by atoms with Crippen molar-refractivity contribution >= 4 is 5.91 Å². The Bertz CT molecular complexity index is 734. The topological polar surface area (TPSA) is 63.1 Å². The van der Waals surface area contributed by atoms with Crippen LogP contribution in [0.1, 0.15) is 60.4 Å². The quantitative estimate of drug-likeness (QED) is 0.859. The molecule has 6 nitrogen and oxygen atoms in total. The van der Waals surface area contributed by atoms with E-state index in [-0.39, 0.29) is 5.91 Å². The zero-order valence-electron chi connectivity index (χ0n) is 15.2. The zero-order chi connectivity index (χ0) is 17.8. The second-order valence-corrected chi connectivity index (χ2v) is 7.36. The lowest BCUT2D eigenvalue weighted by Gasteiger charge is -2.34. The van der Waals surface area contributed by atoms with Crippen LogP contribution in [0, 0.1) is 0 Å². The molecule has 0 unspecified atom stereocenters. The van der Waals surface area contributed by atoms with E-state index in [2.05, 4.69) is 20.3 Å². The standard InChI is InChI=1S/C20H27N5O/c26-20(22-14-16-7-5-6-10-21-16)19-13-18-15-24(11-12-25(18)23-19)17-8-3-1-2-4-9-17/h5-7,10,13,17H,1-4,8-9,11-12,14-15H2,(H,22,26). The predicted molar refractivity (Wildman–Crippen MR) is 99.5 cm³/mol. The predicted octanol–water partition coefficient (Wildman–Crippen LogP) is 2.75. The molecule has 0 aromatic carbocycles. The summed E-state index contributed by atoms with van der Waals surface area (Å²) in [7, 11) is 0. The molecule has 138 valence electrons. The van der Waals surface area contributed by atoms with Gasteiger partial charge in [0.2, 0.25) is 0 Å². The van der Waals surface area contributed by atoms with E-state index in [0.29, 0.717) is 18.3 Å². The average molecular weight is 353 g/mol. The molecule has 3 heterocycles. The van der Waals surface area contributed by atoms with Gasteiger partial charge in [-0.3, -0.25) is 19.4 Å². The van der Waals surface area contributed by atoms with Crippen LogP contribution in [-0.4, -0.2) is 38.2 Å². The van der Waals surface area contributed by atoms with Crippen LogP contribution in [0.2, 0.25) is 0 Å². The third-order valence-corrected chi connectivity index (χ3v) is 5.56. The van der Waals surface area contributed by atoms with E-state index in [9.17, 15) is 4.79 Å². The first kappa shape index (κ1) is 17.2. The number of hydrogen-bond donors (Lipinski definition) is 1. The molecule has 4 rings (SSSR count). The van der Waals surface area contributed by atoms with Crippen molar-refractivity contribution in [1.29, 1.82) is 0 Å². The Balaban J connectivity index is 1.38. The van der Waals surface area contributed by atoms with Crippen LogP contribution >= 0.6 is 0 Å². The van der Waals surface area contributed by atoms with Crippen LogP contribution in [0.5, 0.6) is 0 Å². The second-order valence-electron chi connectivity index (χ2n) is 7.36. The molecular formula is C20H27N5O. The Kier molecular flexibility index (Phi) is 5.29. The number of aromatic nitrogens is 3. The number of hydrogen-bond acceptors (Lipinski definition) is 4. The van der Waals surface area contributed by atoms with Crippen molar-refractivity contribution < 1.29 is 4.79 Å². The van der Waals surface area contributed by atoms with Gasteiger partial charge >= 0.3 is 0 Å². The number of nitrogens with zero attached hydrogens (tertiary/aromatic N) is 4. The molecule has 2 aromatic rings. The Hall–Kier alpha value is -2.21. The van der Waals surface area contributed by atoms with Gasteiger partial charge in [0, 0.05) is 25.3 Å². The first-order valence-corrected chi connectivity index (χ1v) is 9.78. The highest BCUT2D eigenvalue weighted by atomic mass is 16.1. The summed E-state index contributed by atoms with van der Waals surface area (Å²) in [6.07, 6.45) is 9.81. The van der Waals surface area contributed by atoms with Gasteiger partial charge in [-0.05, 0) is 31.0 Å². The fourth-order valence-electron chi connectivity index (χ4n) is 4.10. The lowest BCUT2D eigenvalue weighted by molar-refractivity contribution is 0.0944. The Labute approximate surface area is 154 Å². The maximum atomic E-state index is 12.4. The van der Waals surface area contributed by atoms with E-state index in [1.54, 1.807) is 6.20 Å². The first-order chi connectivity index (χ1) is 12.8.